The Balaban J connectivity index is 2.14. The highest BCUT2D eigenvalue weighted by atomic mass is 19.1. The SMILES string of the molecule is CCN(C(=O)C(C)Oc1cccc(F)c1)c1cccc(F)c1. The van der Waals surface area contributed by atoms with E-state index in [1.54, 1.807) is 32.0 Å². The molecule has 1 amide bonds. The molecule has 1 unspecified atom stereocenters. The lowest BCUT2D eigenvalue weighted by Crippen LogP contribution is -2.40. The van der Waals surface area contributed by atoms with Crippen LogP contribution in [0, 0.1) is 11.6 Å². The molecule has 0 aliphatic carbocycles. The zero-order valence-electron chi connectivity index (χ0n) is 12.4. The summed E-state index contributed by atoms with van der Waals surface area (Å²) in [4.78, 5) is 13.9. The predicted octanol–water partition coefficient (Wildman–Crippen LogP) is 3.79. The highest BCUT2D eigenvalue weighted by molar-refractivity contribution is 5.96. The van der Waals surface area contributed by atoms with E-state index in [0.29, 0.717) is 12.2 Å². The van der Waals surface area contributed by atoms with Gasteiger partial charge in [0.25, 0.3) is 5.91 Å². The summed E-state index contributed by atoms with van der Waals surface area (Å²) in [5, 5.41) is 0. The predicted molar refractivity (Wildman–Crippen MR) is 80.9 cm³/mol. The molecule has 1 atom stereocenters. The maximum atomic E-state index is 13.3. The Morgan fingerprint density at radius 2 is 1.77 bits per heavy atom. The molecule has 0 saturated heterocycles. The van der Waals surface area contributed by atoms with Crippen LogP contribution in [0.25, 0.3) is 0 Å². The van der Waals surface area contributed by atoms with Crippen molar-refractivity contribution in [1.29, 1.82) is 0 Å². The number of anilines is 1. The number of carbonyl (C=O) groups excluding carboxylic acids is 1. The standard InChI is InChI=1S/C17H17F2NO2/c1-3-20(15-8-4-6-13(18)10-15)17(21)12(2)22-16-9-5-7-14(19)11-16/h4-12H,3H2,1-2H3. The second-order valence-corrected chi connectivity index (χ2v) is 4.78. The molecule has 2 aromatic rings. The smallest absolute Gasteiger partial charge is 0.267 e. The number of halogens is 2. The molecule has 116 valence electrons. The molecule has 0 aliphatic heterocycles. The van der Waals surface area contributed by atoms with Crippen molar-refractivity contribution in [1.82, 2.24) is 0 Å². The van der Waals surface area contributed by atoms with Gasteiger partial charge in [0.1, 0.15) is 17.4 Å². The Morgan fingerprint density at radius 3 is 2.36 bits per heavy atom. The molecule has 0 heterocycles. The summed E-state index contributed by atoms with van der Waals surface area (Å²) < 4.78 is 31.9. The first-order valence-corrected chi connectivity index (χ1v) is 7.00. The van der Waals surface area contributed by atoms with Gasteiger partial charge in [0.05, 0.1) is 0 Å². The van der Waals surface area contributed by atoms with E-state index in [4.69, 9.17) is 4.74 Å². The van der Waals surface area contributed by atoms with Gasteiger partial charge in [-0.05, 0) is 44.2 Å². The van der Waals surface area contributed by atoms with E-state index in [2.05, 4.69) is 0 Å². The molecule has 22 heavy (non-hydrogen) atoms. The van der Waals surface area contributed by atoms with Gasteiger partial charge >= 0.3 is 0 Å². The van der Waals surface area contributed by atoms with E-state index in [1.165, 1.54) is 35.2 Å². The van der Waals surface area contributed by atoms with Gasteiger partial charge in [0, 0.05) is 18.3 Å². The van der Waals surface area contributed by atoms with Crippen LogP contribution in [0.4, 0.5) is 14.5 Å². The number of benzene rings is 2. The monoisotopic (exact) mass is 305 g/mol. The minimum atomic E-state index is -0.815. The third-order valence-electron chi connectivity index (χ3n) is 3.16. The quantitative estimate of drug-likeness (QED) is 0.841. The van der Waals surface area contributed by atoms with Crippen LogP contribution < -0.4 is 9.64 Å². The van der Waals surface area contributed by atoms with Crippen molar-refractivity contribution < 1.29 is 18.3 Å². The van der Waals surface area contributed by atoms with Gasteiger partial charge in [-0.15, -0.1) is 0 Å². The zero-order chi connectivity index (χ0) is 16.1. The molecule has 0 fully saturated rings. The summed E-state index contributed by atoms with van der Waals surface area (Å²) in [5.41, 5.74) is 0.460. The maximum absolute atomic E-state index is 13.3. The van der Waals surface area contributed by atoms with Gasteiger partial charge in [0.15, 0.2) is 6.10 Å². The zero-order valence-corrected chi connectivity index (χ0v) is 12.4. The molecule has 5 heteroatoms. The van der Waals surface area contributed by atoms with Crippen LogP contribution in [0.3, 0.4) is 0 Å². The molecule has 0 aromatic heterocycles. The third-order valence-corrected chi connectivity index (χ3v) is 3.16. The lowest BCUT2D eigenvalue weighted by molar-refractivity contribution is -0.124. The molecule has 0 N–H and O–H groups in total. The molecule has 3 nitrogen and oxygen atoms in total. The average molecular weight is 305 g/mol. The van der Waals surface area contributed by atoms with Gasteiger partial charge in [0.2, 0.25) is 0 Å². The third kappa shape index (κ3) is 3.81. The summed E-state index contributed by atoms with van der Waals surface area (Å²) in [6.45, 7) is 3.74. The summed E-state index contributed by atoms with van der Waals surface area (Å²) in [6, 6.07) is 11.4. The lowest BCUT2D eigenvalue weighted by Gasteiger charge is -2.25. The largest absolute Gasteiger partial charge is 0.481 e. The topological polar surface area (TPSA) is 29.5 Å². The fourth-order valence-corrected chi connectivity index (χ4v) is 2.12. The number of rotatable bonds is 5. The molecule has 0 aliphatic rings. The molecule has 2 aromatic carbocycles. The second-order valence-electron chi connectivity index (χ2n) is 4.78. The number of hydrogen-bond acceptors (Lipinski definition) is 2. The van der Waals surface area contributed by atoms with Gasteiger partial charge in [-0.2, -0.15) is 0 Å². The van der Waals surface area contributed by atoms with E-state index in [-0.39, 0.29) is 11.7 Å². The van der Waals surface area contributed by atoms with E-state index < -0.39 is 17.7 Å². The number of amides is 1. The summed E-state index contributed by atoms with van der Waals surface area (Å²) in [5.74, 6) is -0.898. The van der Waals surface area contributed by atoms with Crippen LogP contribution in [0.5, 0.6) is 5.75 Å². The number of carbonyl (C=O) groups is 1. The van der Waals surface area contributed by atoms with Crippen molar-refractivity contribution in [3.05, 3.63) is 60.2 Å². The van der Waals surface area contributed by atoms with Crippen LogP contribution >= 0.6 is 0 Å². The number of ether oxygens (including phenoxy) is 1. The molecular weight excluding hydrogens is 288 g/mol. The fraction of sp³-hybridized carbons (Fsp3) is 0.235. The minimum absolute atomic E-state index is 0.274. The van der Waals surface area contributed by atoms with Crippen molar-refractivity contribution in [3.63, 3.8) is 0 Å². The van der Waals surface area contributed by atoms with Crippen LogP contribution in [-0.4, -0.2) is 18.6 Å². The van der Waals surface area contributed by atoms with Crippen LogP contribution in [-0.2, 0) is 4.79 Å². The van der Waals surface area contributed by atoms with Crippen LogP contribution in [0.1, 0.15) is 13.8 Å². The Hall–Kier alpha value is -2.43. The van der Waals surface area contributed by atoms with Crippen molar-refractivity contribution in [2.24, 2.45) is 0 Å². The van der Waals surface area contributed by atoms with E-state index >= 15 is 0 Å². The van der Waals surface area contributed by atoms with Crippen molar-refractivity contribution in [3.8, 4) is 5.75 Å². The Bertz CT molecular complexity index is 661. The molecule has 2 rings (SSSR count). The summed E-state index contributed by atoms with van der Waals surface area (Å²) in [6.07, 6.45) is -0.815. The second kappa shape index (κ2) is 7.02. The van der Waals surface area contributed by atoms with Crippen LogP contribution in [0.2, 0.25) is 0 Å². The molecule has 0 bridgehead atoms. The number of nitrogens with zero attached hydrogens (tertiary/aromatic N) is 1. The van der Waals surface area contributed by atoms with Gasteiger partial charge < -0.3 is 9.64 Å². The summed E-state index contributed by atoms with van der Waals surface area (Å²) >= 11 is 0. The lowest BCUT2D eigenvalue weighted by atomic mass is 10.2. The van der Waals surface area contributed by atoms with Gasteiger partial charge in [-0.1, -0.05) is 12.1 Å². The van der Waals surface area contributed by atoms with Crippen LogP contribution in [0.15, 0.2) is 48.5 Å². The fourth-order valence-electron chi connectivity index (χ4n) is 2.12. The highest BCUT2D eigenvalue weighted by Gasteiger charge is 2.22. The van der Waals surface area contributed by atoms with Crippen molar-refractivity contribution >= 4 is 11.6 Å². The van der Waals surface area contributed by atoms with Gasteiger partial charge in [-0.3, -0.25) is 4.79 Å². The maximum Gasteiger partial charge on any atom is 0.267 e. The number of hydrogen-bond donors (Lipinski definition) is 0. The van der Waals surface area contributed by atoms with Gasteiger partial charge in [-0.25, -0.2) is 8.78 Å². The van der Waals surface area contributed by atoms with E-state index in [9.17, 15) is 13.6 Å². The van der Waals surface area contributed by atoms with Crippen molar-refractivity contribution in [2.45, 2.75) is 20.0 Å². The molecule has 0 radical (unpaired) electrons. The van der Waals surface area contributed by atoms with Crippen molar-refractivity contribution in [2.75, 3.05) is 11.4 Å². The van der Waals surface area contributed by atoms with E-state index in [1.807, 2.05) is 0 Å². The number of likely N-dealkylation sites (N-methyl/N-ethyl adjacent to an activating group) is 1. The highest BCUT2D eigenvalue weighted by Crippen LogP contribution is 2.19. The average Bonchev–Trinajstić information content (AvgIpc) is 2.48. The molecule has 0 spiro atoms. The summed E-state index contributed by atoms with van der Waals surface area (Å²) in [7, 11) is 0. The normalized spacial score (nSPS) is 11.8. The Morgan fingerprint density at radius 1 is 1.14 bits per heavy atom. The first kappa shape index (κ1) is 15.9. The minimum Gasteiger partial charge on any atom is -0.481 e. The first-order chi connectivity index (χ1) is 10.5. The Labute approximate surface area is 128 Å². The first-order valence-electron chi connectivity index (χ1n) is 7.00. The molecular formula is C17H17F2NO2. The Kier molecular flexibility index (Phi) is 5.09. The molecule has 0 saturated carbocycles. The van der Waals surface area contributed by atoms with E-state index in [0.717, 1.165) is 0 Å².